The zero-order chi connectivity index (χ0) is 24.1. The molecule has 1 aromatic carbocycles. The summed E-state index contributed by atoms with van der Waals surface area (Å²) in [5.74, 6) is -1.04. The van der Waals surface area contributed by atoms with Crippen molar-refractivity contribution in [1.29, 1.82) is 0 Å². The second kappa shape index (κ2) is 8.05. The quantitative estimate of drug-likeness (QED) is 0.677. The fourth-order valence-electron chi connectivity index (χ4n) is 4.92. The highest BCUT2D eigenvalue weighted by atomic mass is 32.2. The molecule has 9 nitrogen and oxygen atoms in total. The van der Waals surface area contributed by atoms with Gasteiger partial charge in [-0.1, -0.05) is 13.3 Å². The lowest BCUT2D eigenvalue weighted by Crippen LogP contribution is -2.50. The van der Waals surface area contributed by atoms with E-state index in [-0.39, 0.29) is 34.6 Å². The molecular weight excluding hydrogens is 449 g/mol. The number of anilines is 1. The van der Waals surface area contributed by atoms with Gasteiger partial charge in [0.05, 0.1) is 24.3 Å². The summed E-state index contributed by atoms with van der Waals surface area (Å²) in [6, 6.07) is 3.98. The third-order valence-electron chi connectivity index (χ3n) is 6.62. The van der Waals surface area contributed by atoms with Crippen molar-refractivity contribution in [3.8, 4) is 5.88 Å². The Morgan fingerprint density at radius 2 is 2.12 bits per heavy atom. The molecule has 11 heteroatoms. The molecule has 1 unspecified atom stereocenters. The molecule has 33 heavy (non-hydrogen) atoms. The number of ether oxygens (including phenoxy) is 1. The summed E-state index contributed by atoms with van der Waals surface area (Å²) in [5.41, 5.74) is 5.47. The molecule has 1 saturated heterocycles. The number of halogens is 1. The van der Waals surface area contributed by atoms with Crippen LogP contribution in [-0.2, 0) is 15.4 Å². The summed E-state index contributed by atoms with van der Waals surface area (Å²) in [5, 5.41) is 0.947. The number of nitrogens with two attached hydrogens (primary N) is 1. The van der Waals surface area contributed by atoms with Gasteiger partial charge in [-0.05, 0) is 44.4 Å². The van der Waals surface area contributed by atoms with Crippen LogP contribution >= 0.6 is 0 Å². The van der Waals surface area contributed by atoms with Crippen molar-refractivity contribution in [2.75, 3.05) is 12.4 Å². The Hall–Kier alpha value is -3.08. The van der Waals surface area contributed by atoms with Crippen molar-refractivity contribution in [3.05, 3.63) is 47.2 Å². The van der Waals surface area contributed by atoms with Gasteiger partial charge in [-0.25, -0.2) is 22.8 Å². The van der Waals surface area contributed by atoms with Crippen LogP contribution in [0.5, 0.6) is 5.88 Å². The van der Waals surface area contributed by atoms with Gasteiger partial charge in [-0.15, -0.1) is 0 Å². The SMILES string of the molecule is CCC1C[C@H]2[C@@](C)(c3cc(NC(=O)c4ncc(OC)nc4C)ccc3F)N=C(N)[C@@H]1S2(=O)=O. The largest absolute Gasteiger partial charge is 0.480 e. The van der Waals surface area contributed by atoms with E-state index in [1.807, 2.05) is 6.92 Å². The van der Waals surface area contributed by atoms with Crippen LogP contribution in [0, 0.1) is 18.7 Å². The molecule has 4 rings (SSSR count). The third kappa shape index (κ3) is 3.64. The Bertz CT molecular complexity index is 1270. The average Bonchev–Trinajstić information content (AvgIpc) is 2.97. The van der Waals surface area contributed by atoms with Gasteiger partial charge >= 0.3 is 0 Å². The lowest BCUT2D eigenvalue weighted by Gasteiger charge is -2.36. The van der Waals surface area contributed by atoms with Gasteiger partial charge in [0.15, 0.2) is 9.84 Å². The Balaban J connectivity index is 1.71. The third-order valence-corrected chi connectivity index (χ3v) is 9.40. The maximum absolute atomic E-state index is 15.0. The van der Waals surface area contributed by atoms with Crippen LogP contribution in [0.3, 0.4) is 0 Å². The number of nitrogens with one attached hydrogen (secondary N) is 1. The summed E-state index contributed by atoms with van der Waals surface area (Å²) in [6.45, 7) is 5.11. The molecule has 0 radical (unpaired) electrons. The number of methoxy groups -OCH3 is 1. The van der Waals surface area contributed by atoms with Crippen LogP contribution in [-0.4, -0.2) is 47.7 Å². The Kier molecular flexibility index (Phi) is 5.63. The first-order valence-corrected chi connectivity index (χ1v) is 12.2. The number of amidine groups is 1. The van der Waals surface area contributed by atoms with Gasteiger partial charge in [0.25, 0.3) is 5.91 Å². The molecule has 4 atom stereocenters. The van der Waals surface area contributed by atoms with Crippen LogP contribution in [0.2, 0.25) is 0 Å². The minimum absolute atomic E-state index is 0.0103. The fraction of sp³-hybridized carbons (Fsp3) is 0.455. The number of nitrogens with zero attached hydrogens (tertiary/aromatic N) is 3. The monoisotopic (exact) mass is 475 g/mol. The van der Waals surface area contributed by atoms with E-state index in [4.69, 9.17) is 10.5 Å². The van der Waals surface area contributed by atoms with Crippen LogP contribution in [0.25, 0.3) is 0 Å². The standard InChI is InChI=1S/C22H26FN5O4S/c1-5-12-8-16-22(3,28-20(24)19(12)33(16,30)31)14-9-13(6-7-15(14)23)27-21(29)18-11(2)26-17(32-4)10-25-18/h6-7,9-10,12,16,19H,5,8H2,1-4H3,(H2,24,28)(H,27,29)/t12?,16-,19+,22+/m0/s1. The topological polar surface area (TPSA) is 137 Å². The highest BCUT2D eigenvalue weighted by molar-refractivity contribution is 7.93. The van der Waals surface area contributed by atoms with E-state index < -0.39 is 37.6 Å². The average molecular weight is 476 g/mol. The zero-order valence-corrected chi connectivity index (χ0v) is 19.6. The summed E-state index contributed by atoms with van der Waals surface area (Å²) in [4.78, 5) is 25.5. The van der Waals surface area contributed by atoms with Crippen molar-refractivity contribution in [3.63, 3.8) is 0 Å². The molecule has 1 fully saturated rings. The minimum atomic E-state index is -3.64. The molecule has 3 N–H and O–H groups in total. The zero-order valence-electron chi connectivity index (χ0n) is 18.8. The summed E-state index contributed by atoms with van der Waals surface area (Å²) >= 11 is 0. The van der Waals surface area contributed by atoms with E-state index in [0.717, 1.165) is 0 Å². The van der Waals surface area contributed by atoms with E-state index >= 15 is 4.39 Å². The Morgan fingerprint density at radius 3 is 2.76 bits per heavy atom. The van der Waals surface area contributed by atoms with Crippen molar-refractivity contribution < 1.29 is 22.3 Å². The number of carbonyl (C=O) groups is 1. The Morgan fingerprint density at radius 1 is 1.39 bits per heavy atom. The number of sulfone groups is 1. The normalized spacial score (nSPS) is 27.7. The first kappa shape index (κ1) is 23.1. The number of aliphatic imine (C=N–C) groups is 1. The van der Waals surface area contributed by atoms with Crippen LogP contribution in [0.4, 0.5) is 10.1 Å². The van der Waals surface area contributed by atoms with Gasteiger partial charge in [-0.3, -0.25) is 9.79 Å². The van der Waals surface area contributed by atoms with E-state index in [9.17, 15) is 13.2 Å². The first-order chi connectivity index (χ1) is 15.5. The summed E-state index contributed by atoms with van der Waals surface area (Å²) in [7, 11) is -2.20. The smallest absolute Gasteiger partial charge is 0.276 e. The fourth-order valence-corrected chi connectivity index (χ4v) is 7.84. The molecule has 1 aromatic heterocycles. The van der Waals surface area contributed by atoms with Gasteiger partial charge in [-0.2, -0.15) is 0 Å². The maximum atomic E-state index is 15.0. The number of carbonyl (C=O) groups excluding carboxylic acids is 1. The second-order valence-corrected chi connectivity index (χ2v) is 10.8. The van der Waals surface area contributed by atoms with E-state index in [1.165, 1.54) is 31.5 Å². The summed E-state index contributed by atoms with van der Waals surface area (Å²) in [6.07, 6.45) is 2.30. The lowest BCUT2D eigenvalue weighted by molar-refractivity contribution is 0.102. The van der Waals surface area contributed by atoms with Crippen LogP contribution < -0.4 is 15.8 Å². The number of benzene rings is 1. The molecule has 2 aliphatic rings. The molecule has 0 saturated carbocycles. The lowest BCUT2D eigenvalue weighted by atomic mass is 9.84. The van der Waals surface area contributed by atoms with Crippen molar-refractivity contribution in [2.24, 2.45) is 16.6 Å². The highest BCUT2D eigenvalue weighted by Gasteiger charge is 2.60. The van der Waals surface area contributed by atoms with Crippen LogP contribution in [0.15, 0.2) is 29.4 Å². The van der Waals surface area contributed by atoms with Gasteiger partial charge in [0.1, 0.15) is 28.1 Å². The Labute approximate surface area is 191 Å². The number of hydrogen-bond acceptors (Lipinski definition) is 8. The number of aryl methyl sites for hydroxylation is 1. The number of fused-ring (bicyclic) bond motifs is 2. The van der Waals surface area contributed by atoms with Gasteiger partial charge in [0, 0.05) is 11.3 Å². The van der Waals surface area contributed by atoms with Crippen molar-refractivity contribution >= 4 is 27.3 Å². The first-order valence-electron chi connectivity index (χ1n) is 10.6. The van der Waals surface area contributed by atoms with Gasteiger partial charge in [0.2, 0.25) is 5.88 Å². The number of hydrogen-bond donors (Lipinski definition) is 2. The highest BCUT2D eigenvalue weighted by Crippen LogP contribution is 2.50. The molecule has 0 aliphatic carbocycles. The summed E-state index contributed by atoms with van der Waals surface area (Å²) < 4.78 is 46.5. The molecule has 3 heterocycles. The van der Waals surface area contributed by atoms with E-state index in [1.54, 1.807) is 13.8 Å². The second-order valence-electron chi connectivity index (χ2n) is 8.58. The molecule has 176 valence electrons. The van der Waals surface area contributed by atoms with Crippen molar-refractivity contribution in [2.45, 2.75) is 49.7 Å². The number of amides is 1. The molecule has 1 amide bonds. The van der Waals surface area contributed by atoms with E-state index in [0.29, 0.717) is 18.5 Å². The molecule has 2 aliphatic heterocycles. The van der Waals surface area contributed by atoms with E-state index in [2.05, 4.69) is 20.3 Å². The molecule has 2 aromatic rings. The predicted molar refractivity (Wildman–Crippen MR) is 122 cm³/mol. The van der Waals surface area contributed by atoms with Gasteiger partial charge < -0.3 is 15.8 Å². The molecule has 2 bridgehead atoms. The van der Waals surface area contributed by atoms with Crippen LogP contribution in [0.1, 0.15) is 48.4 Å². The maximum Gasteiger partial charge on any atom is 0.276 e. The van der Waals surface area contributed by atoms with Crippen molar-refractivity contribution in [1.82, 2.24) is 9.97 Å². The predicted octanol–water partition coefficient (Wildman–Crippen LogP) is 2.35. The minimum Gasteiger partial charge on any atom is -0.480 e. The molecule has 0 spiro atoms. The number of rotatable bonds is 5. The number of aromatic nitrogens is 2. The molecular formula is C22H26FN5O4S.